The summed E-state index contributed by atoms with van der Waals surface area (Å²) in [6.07, 6.45) is -5.41. The molecule has 3 aromatic heterocycles. The van der Waals surface area contributed by atoms with Gasteiger partial charge in [-0.15, -0.1) is 0 Å². The maximum absolute atomic E-state index is 12.7. The molecule has 1 aromatic carbocycles. The lowest BCUT2D eigenvalue weighted by Crippen LogP contribution is -2.05. The van der Waals surface area contributed by atoms with Crippen molar-refractivity contribution in [3.05, 3.63) is 77.9 Å². The second-order valence-corrected chi connectivity index (χ2v) is 9.78. The number of halogens is 6. The van der Waals surface area contributed by atoms with Crippen LogP contribution in [0.15, 0.2) is 66.0 Å². The number of aryl methyl sites for hydroxylation is 1. The molecule has 0 spiro atoms. The third-order valence-electron chi connectivity index (χ3n) is 4.91. The Labute approximate surface area is 196 Å². The average Bonchev–Trinajstić information content (AvgIpc) is 3.18. The molecule has 0 amide bonds. The van der Waals surface area contributed by atoms with Crippen LogP contribution in [0.4, 0.5) is 26.3 Å². The topological polar surface area (TPSA) is 75.7 Å². The van der Waals surface area contributed by atoms with Crippen molar-refractivity contribution in [1.82, 2.24) is 15.0 Å². The Morgan fingerprint density at radius 1 is 0.857 bits per heavy atom. The number of alkyl halides is 6. The minimum Gasteiger partial charge on any atom is -0.357 e. The molecule has 4 aromatic rings. The number of sulfone groups is 1. The van der Waals surface area contributed by atoms with Gasteiger partial charge >= 0.3 is 12.4 Å². The molecule has 35 heavy (non-hydrogen) atoms. The first-order valence-electron chi connectivity index (χ1n) is 10.1. The number of hydrogen-bond donors (Lipinski definition) is 1. The summed E-state index contributed by atoms with van der Waals surface area (Å²) >= 11 is 0. The zero-order valence-corrected chi connectivity index (χ0v) is 19.2. The fourth-order valence-electron chi connectivity index (χ4n) is 3.09. The number of nitrogens with one attached hydrogen (secondary N) is 1. The van der Waals surface area contributed by atoms with Gasteiger partial charge in [0.2, 0.25) is 0 Å². The maximum Gasteiger partial charge on any atom is 0.417 e. The number of aromatic amines is 1. The smallest absolute Gasteiger partial charge is 0.357 e. The number of nitrogens with zero attached hydrogens (tertiary/aromatic N) is 2. The Hall–Kier alpha value is -3.41. The fraction of sp³-hybridized carbons (Fsp3) is 0.217. The quantitative estimate of drug-likeness (QED) is 0.318. The molecule has 0 aliphatic heterocycles. The highest BCUT2D eigenvalue weighted by Crippen LogP contribution is 2.32. The summed E-state index contributed by atoms with van der Waals surface area (Å²) in [5.41, 5.74) is 0.844. The van der Waals surface area contributed by atoms with Gasteiger partial charge in [0.1, 0.15) is 0 Å². The molecule has 186 valence electrons. The van der Waals surface area contributed by atoms with Crippen LogP contribution in [0, 0.1) is 6.92 Å². The number of aromatic nitrogens is 3. The first-order valence-corrected chi connectivity index (χ1v) is 11.7. The maximum atomic E-state index is 12.7. The Morgan fingerprint density at radius 3 is 2.17 bits per heavy atom. The third-order valence-corrected chi connectivity index (χ3v) is 6.61. The molecule has 0 fully saturated rings. The highest BCUT2D eigenvalue weighted by Gasteiger charge is 2.31. The average molecular weight is 515 g/mol. The molecular weight excluding hydrogens is 496 g/mol. The van der Waals surface area contributed by atoms with Crippen LogP contribution in [0.25, 0.3) is 22.2 Å². The van der Waals surface area contributed by atoms with E-state index in [9.17, 15) is 34.8 Å². The van der Waals surface area contributed by atoms with E-state index in [0.29, 0.717) is 16.6 Å². The molecule has 0 radical (unpaired) electrons. The molecule has 0 saturated carbocycles. The minimum absolute atomic E-state index is 0.0000817. The number of benzene rings is 1. The first kappa shape index (κ1) is 26.2. The van der Waals surface area contributed by atoms with Crippen molar-refractivity contribution in [1.29, 1.82) is 0 Å². The summed E-state index contributed by atoms with van der Waals surface area (Å²) in [7, 11) is -3.45. The van der Waals surface area contributed by atoms with Crippen molar-refractivity contribution in [3.8, 4) is 11.1 Å². The van der Waals surface area contributed by atoms with E-state index in [1.807, 2.05) is 0 Å². The van der Waals surface area contributed by atoms with E-state index in [0.717, 1.165) is 30.1 Å². The lowest BCUT2D eigenvalue weighted by Gasteiger charge is -2.09. The molecule has 12 heteroatoms. The molecule has 0 saturated heterocycles. The standard InChI is InChI=1S/C14H12F3NO2S.C9H7F3N2/c1-2-21(19,20)13-7-11(8-18-9-13)10-4-3-5-12(6-10)14(15,16)17;1-5-2-7-8(14-5)3-6(4-13-7)9(10,11)12/h3-9H,2H2,1H3;2-4,14H,1H3. The van der Waals surface area contributed by atoms with E-state index < -0.39 is 33.3 Å². The molecule has 3 heterocycles. The van der Waals surface area contributed by atoms with Crippen LogP contribution in [0.3, 0.4) is 0 Å². The molecule has 0 unspecified atom stereocenters. The molecule has 0 aliphatic carbocycles. The fourth-order valence-corrected chi connectivity index (χ4v) is 3.95. The van der Waals surface area contributed by atoms with Crippen LogP contribution in [0.2, 0.25) is 0 Å². The van der Waals surface area contributed by atoms with E-state index in [1.54, 1.807) is 13.0 Å². The van der Waals surface area contributed by atoms with Crippen LogP contribution >= 0.6 is 0 Å². The van der Waals surface area contributed by atoms with Gasteiger partial charge in [-0.05, 0) is 42.8 Å². The monoisotopic (exact) mass is 515 g/mol. The van der Waals surface area contributed by atoms with Gasteiger partial charge in [0.25, 0.3) is 0 Å². The predicted octanol–water partition coefficient (Wildman–Crippen LogP) is 6.45. The van der Waals surface area contributed by atoms with Gasteiger partial charge < -0.3 is 4.98 Å². The molecule has 0 aliphatic rings. The van der Waals surface area contributed by atoms with Crippen molar-refractivity contribution in [3.63, 3.8) is 0 Å². The Morgan fingerprint density at radius 2 is 1.54 bits per heavy atom. The van der Waals surface area contributed by atoms with E-state index in [1.165, 1.54) is 37.5 Å². The van der Waals surface area contributed by atoms with Crippen molar-refractivity contribution < 1.29 is 34.8 Å². The summed E-state index contributed by atoms with van der Waals surface area (Å²) in [5, 5.41) is 0. The number of rotatable bonds is 3. The summed E-state index contributed by atoms with van der Waals surface area (Å²) in [6.45, 7) is 3.27. The van der Waals surface area contributed by atoms with Gasteiger partial charge in [0, 0.05) is 29.8 Å². The SMILES string of the molecule is CCS(=O)(=O)c1cncc(-c2cccc(C(F)(F)F)c2)c1.Cc1cc2ncc(C(F)(F)F)cc2[nH]1. The Balaban J connectivity index is 0.000000211. The lowest BCUT2D eigenvalue weighted by atomic mass is 10.0. The summed E-state index contributed by atoms with van der Waals surface area (Å²) in [6, 6.07) is 8.79. The highest BCUT2D eigenvalue weighted by molar-refractivity contribution is 7.91. The van der Waals surface area contributed by atoms with Crippen LogP contribution < -0.4 is 0 Å². The summed E-state index contributed by atoms with van der Waals surface area (Å²) < 4.78 is 98.5. The van der Waals surface area contributed by atoms with E-state index in [2.05, 4.69) is 15.0 Å². The molecule has 4 rings (SSSR count). The zero-order valence-electron chi connectivity index (χ0n) is 18.4. The lowest BCUT2D eigenvalue weighted by molar-refractivity contribution is -0.138. The zero-order chi connectivity index (χ0) is 26.0. The van der Waals surface area contributed by atoms with Crippen LogP contribution in [-0.4, -0.2) is 29.1 Å². The van der Waals surface area contributed by atoms with E-state index in [-0.39, 0.29) is 16.2 Å². The summed E-state index contributed by atoms with van der Waals surface area (Å²) in [5.74, 6) is -0.0965. The largest absolute Gasteiger partial charge is 0.417 e. The van der Waals surface area contributed by atoms with Gasteiger partial charge in [-0.3, -0.25) is 9.97 Å². The number of pyridine rings is 2. The molecule has 1 N–H and O–H groups in total. The predicted molar refractivity (Wildman–Crippen MR) is 118 cm³/mol. The van der Waals surface area contributed by atoms with Crippen molar-refractivity contribution in [2.75, 3.05) is 5.75 Å². The van der Waals surface area contributed by atoms with Crippen molar-refractivity contribution in [2.24, 2.45) is 0 Å². The van der Waals surface area contributed by atoms with Crippen molar-refractivity contribution >= 4 is 20.9 Å². The number of H-pyrrole nitrogens is 1. The second-order valence-electron chi connectivity index (χ2n) is 7.50. The van der Waals surface area contributed by atoms with Crippen LogP contribution in [-0.2, 0) is 22.2 Å². The normalized spacial score (nSPS) is 12.3. The highest BCUT2D eigenvalue weighted by atomic mass is 32.2. The molecule has 0 atom stereocenters. The third kappa shape index (κ3) is 6.38. The van der Waals surface area contributed by atoms with Gasteiger partial charge in [0.05, 0.1) is 32.8 Å². The van der Waals surface area contributed by atoms with Crippen LogP contribution in [0.5, 0.6) is 0 Å². The number of hydrogen-bond acceptors (Lipinski definition) is 4. The van der Waals surface area contributed by atoms with Crippen LogP contribution in [0.1, 0.15) is 23.7 Å². The van der Waals surface area contributed by atoms with E-state index >= 15 is 0 Å². The number of fused-ring (bicyclic) bond motifs is 1. The van der Waals surface area contributed by atoms with Crippen molar-refractivity contribution in [2.45, 2.75) is 31.1 Å². The second kappa shape index (κ2) is 9.68. The molecule has 5 nitrogen and oxygen atoms in total. The molecule has 0 bridgehead atoms. The van der Waals surface area contributed by atoms with Gasteiger partial charge in [-0.1, -0.05) is 19.1 Å². The molecular formula is C23H19F6N3O2S. The summed E-state index contributed by atoms with van der Waals surface area (Å²) in [4.78, 5) is 10.3. The minimum atomic E-state index is -4.45. The Kier molecular flexibility index (Phi) is 7.25. The van der Waals surface area contributed by atoms with E-state index in [4.69, 9.17) is 0 Å². The Bertz CT molecular complexity index is 1440. The first-order chi connectivity index (χ1) is 16.2. The van der Waals surface area contributed by atoms with Gasteiger partial charge in [-0.2, -0.15) is 26.3 Å². The van der Waals surface area contributed by atoms with Gasteiger partial charge in [0.15, 0.2) is 9.84 Å². The van der Waals surface area contributed by atoms with Gasteiger partial charge in [-0.25, -0.2) is 8.42 Å².